The SMILES string of the molecule is COc1nc(NS(=O)(=O)c2csc3nc(C(F)F)ccc23)nc(C)c1CC(F)F.[HH]. The highest BCUT2D eigenvalue weighted by molar-refractivity contribution is 7.93. The number of nitrogens with one attached hydrogen (secondary N) is 1. The summed E-state index contributed by atoms with van der Waals surface area (Å²) >= 11 is 0.891. The number of sulfonamides is 1. The molecular weight excluding hydrogens is 436 g/mol. The molecule has 0 fully saturated rings. The molecule has 0 unspecified atom stereocenters. The number of alkyl halides is 4. The summed E-state index contributed by atoms with van der Waals surface area (Å²) in [5.74, 6) is -0.539. The summed E-state index contributed by atoms with van der Waals surface area (Å²) in [6, 6.07) is 2.29. The molecule has 29 heavy (non-hydrogen) atoms. The van der Waals surface area contributed by atoms with Crippen molar-refractivity contribution in [1.82, 2.24) is 15.0 Å². The molecule has 0 aliphatic rings. The van der Waals surface area contributed by atoms with Gasteiger partial charge in [-0.15, -0.1) is 11.3 Å². The molecule has 7 nitrogen and oxygen atoms in total. The van der Waals surface area contributed by atoms with E-state index in [9.17, 15) is 26.0 Å². The molecule has 3 heterocycles. The minimum atomic E-state index is -4.20. The average molecular weight is 452 g/mol. The van der Waals surface area contributed by atoms with Gasteiger partial charge in [-0.2, -0.15) is 4.98 Å². The van der Waals surface area contributed by atoms with Crippen LogP contribution < -0.4 is 9.46 Å². The Morgan fingerprint density at radius 3 is 2.55 bits per heavy atom. The van der Waals surface area contributed by atoms with E-state index in [0.717, 1.165) is 17.4 Å². The van der Waals surface area contributed by atoms with Crippen molar-refractivity contribution >= 4 is 37.5 Å². The van der Waals surface area contributed by atoms with E-state index < -0.39 is 35.0 Å². The maximum atomic E-state index is 12.8. The summed E-state index contributed by atoms with van der Waals surface area (Å²) in [6.07, 6.45) is -6.08. The van der Waals surface area contributed by atoms with Crippen LogP contribution in [-0.4, -0.2) is 36.9 Å². The van der Waals surface area contributed by atoms with Crippen molar-refractivity contribution in [2.24, 2.45) is 0 Å². The van der Waals surface area contributed by atoms with Gasteiger partial charge in [-0.25, -0.2) is 40.7 Å². The lowest BCUT2D eigenvalue weighted by molar-refractivity contribution is 0.146. The molecule has 0 aromatic carbocycles. The summed E-state index contributed by atoms with van der Waals surface area (Å²) in [5, 5.41) is 1.41. The number of methoxy groups -OCH3 is 1. The molecule has 1 N–H and O–H groups in total. The molecule has 0 bridgehead atoms. The van der Waals surface area contributed by atoms with Crippen molar-refractivity contribution in [3.05, 3.63) is 34.5 Å². The van der Waals surface area contributed by atoms with Crippen molar-refractivity contribution in [3.8, 4) is 5.88 Å². The van der Waals surface area contributed by atoms with Crippen molar-refractivity contribution in [2.75, 3.05) is 11.8 Å². The van der Waals surface area contributed by atoms with Gasteiger partial charge in [0.1, 0.15) is 15.4 Å². The molecule has 0 spiro atoms. The topological polar surface area (TPSA) is 94.1 Å². The van der Waals surface area contributed by atoms with Crippen molar-refractivity contribution in [1.29, 1.82) is 0 Å². The molecule has 0 atom stereocenters. The molecule has 13 heteroatoms. The van der Waals surface area contributed by atoms with Gasteiger partial charge in [0, 0.05) is 24.2 Å². The van der Waals surface area contributed by atoms with E-state index in [1.807, 2.05) is 0 Å². The van der Waals surface area contributed by atoms with E-state index in [2.05, 4.69) is 19.7 Å². The Morgan fingerprint density at radius 2 is 1.93 bits per heavy atom. The number of aromatic nitrogens is 3. The van der Waals surface area contributed by atoms with Gasteiger partial charge in [-0.3, -0.25) is 0 Å². The number of aryl methyl sites for hydroxylation is 1. The fourth-order valence-corrected chi connectivity index (χ4v) is 5.00. The minimum Gasteiger partial charge on any atom is -0.481 e. The smallest absolute Gasteiger partial charge is 0.280 e. The number of rotatable bonds is 7. The van der Waals surface area contributed by atoms with Crippen LogP contribution in [0.25, 0.3) is 10.2 Å². The molecule has 0 radical (unpaired) electrons. The molecule has 0 aliphatic heterocycles. The summed E-state index contributed by atoms with van der Waals surface area (Å²) < 4.78 is 83.6. The Kier molecular flexibility index (Phi) is 5.89. The number of anilines is 1. The van der Waals surface area contributed by atoms with Crippen LogP contribution in [0.5, 0.6) is 5.88 Å². The van der Waals surface area contributed by atoms with Crippen molar-refractivity contribution in [3.63, 3.8) is 0 Å². The van der Waals surface area contributed by atoms with E-state index in [0.29, 0.717) is 0 Å². The van der Waals surface area contributed by atoms with Crippen LogP contribution >= 0.6 is 11.3 Å². The zero-order valence-corrected chi connectivity index (χ0v) is 16.6. The molecule has 3 aromatic rings. The maximum absolute atomic E-state index is 12.8. The third-order valence-corrected chi connectivity index (χ3v) is 6.30. The molecule has 0 saturated heterocycles. The van der Waals surface area contributed by atoms with Gasteiger partial charge in [0.15, 0.2) is 0 Å². The predicted molar refractivity (Wildman–Crippen MR) is 101 cm³/mol. The highest BCUT2D eigenvalue weighted by Gasteiger charge is 2.24. The fraction of sp³-hybridized carbons (Fsp3) is 0.312. The monoisotopic (exact) mass is 452 g/mol. The first-order valence-electron chi connectivity index (χ1n) is 8.01. The molecule has 0 aliphatic carbocycles. The third kappa shape index (κ3) is 4.40. The first-order chi connectivity index (χ1) is 13.6. The lowest BCUT2D eigenvalue weighted by atomic mass is 10.2. The van der Waals surface area contributed by atoms with E-state index in [4.69, 9.17) is 4.74 Å². The van der Waals surface area contributed by atoms with Crippen LogP contribution in [0, 0.1) is 6.92 Å². The second-order valence-electron chi connectivity index (χ2n) is 5.81. The lowest BCUT2D eigenvalue weighted by Crippen LogP contribution is -2.16. The molecule has 3 aromatic heterocycles. The van der Waals surface area contributed by atoms with Crippen molar-refractivity contribution in [2.45, 2.75) is 31.1 Å². The molecule has 158 valence electrons. The first-order valence-corrected chi connectivity index (χ1v) is 10.4. The lowest BCUT2D eigenvalue weighted by Gasteiger charge is -2.13. The normalized spacial score (nSPS) is 12.1. The molecule has 0 saturated carbocycles. The number of halogens is 4. The standard InChI is InChI=1S/C16H14F4N4O3S2.H2/c1-7-9(5-12(17)18)14(27-2)23-16(21-7)24-29(25,26)11-6-28-15-8(11)3-4-10(22-15)13(19)20;/h3-4,6,12-13H,5H2,1-2H3,(H,21,23,24);1H. The zero-order valence-electron chi connectivity index (χ0n) is 15.0. The highest BCUT2D eigenvalue weighted by Crippen LogP contribution is 2.31. The van der Waals surface area contributed by atoms with Crippen LogP contribution in [0.3, 0.4) is 0 Å². The molecule has 3 rings (SSSR count). The number of hydrogen-bond acceptors (Lipinski definition) is 7. The highest BCUT2D eigenvalue weighted by atomic mass is 32.2. The number of nitrogens with zero attached hydrogens (tertiary/aromatic N) is 3. The van der Waals surface area contributed by atoms with Crippen LogP contribution in [0.2, 0.25) is 0 Å². The average Bonchev–Trinajstić information content (AvgIpc) is 3.07. The number of ether oxygens (including phenoxy) is 1. The largest absolute Gasteiger partial charge is 0.481 e. The second kappa shape index (κ2) is 8.06. The summed E-state index contributed by atoms with van der Waals surface area (Å²) in [7, 11) is -2.99. The Morgan fingerprint density at radius 1 is 1.21 bits per heavy atom. The van der Waals surface area contributed by atoms with E-state index >= 15 is 0 Å². The first kappa shape index (κ1) is 21.2. The fourth-order valence-electron chi connectivity index (χ4n) is 2.58. The van der Waals surface area contributed by atoms with Gasteiger partial charge in [0.05, 0.1) is 12.8 Å². The maximum Gasteiger partial charge on any atom is 0.280 e. The molecular formula is C16H16F4N4O3S2. The molecule has 0 amide bonds. The summed E-state index contributed by atoms with van der Waals surface area (Å²) in [6.45, 7) is 1.43. The third-order valence-electron chi connectivity index (χ3n) is 3.89. The van der Waals surface area contributed by atoms with Crippen LogP contribution in [0.15, 0.2) is 22.4 Å². The Balaban J connectivity index is 0.00000320. The van der Waals surface area contributed by atoms with Crippen LogP contribution in [0.4, 0.5) is 23.5 Å². The van der Waals surface area contributed by atoms with Gasteiger partial charge in [0.25, 0.3) is 16.4 Å². The minimum absolute atomic E-state index is 0. The van der Waals surface area contributed by atoms with Gasteiger partial charge in [0.2, 0.25) is 18.3 Å². The van der Waals surface area contributed by atoms with E-state index in [1.165, 1.54) is 25.5 Å². The summed E-state index contributed by atoms with van der Waals surface area (Å²) in [4.78, 5) is 11.5. The Bertz CT molecular complexity index is 1160. The van der Waals surface area contributed by atoms with Gasteiger partial charge >= 0.3 is 0 Å². The van der Waals surface area contributed by atoms with Gasteiger partial charge in [-0.1, -0.05) is 0 Å². The van der Waals surface area contributed by atoms with E-state index in [1.54, 1.807) is 0 Å². The van der Waals surface area contributed by atoms with E-state index in [-0.39, 0.29) is 39.6 Å². The van der Waals surface area contributed by atoms with Crippen LogP contribution in [-0.2, 0) is 16.4 Å². The van der Waals surface area contributed by atoms with Gasteiger partial charge < -0.3 is 4.74 Å². The number of fused-ring (bicyclic) bond motifs is 1. The number of pyridine rings is 1. The van der Waals surface area contributed by atoms with Gasteiger partial charge in [-0.05, 0) is 19.1 Å². The van der Waals surface area contributed by atoms with Crippen molar-refractivity contribution < 1.29 is 32.1 Å². The zero-order chi connectivity index (χ0) is 21.3. The van der Waals surface area contributed by atoms with Crippen LogP contribution in [0.1, 0.15) is 24.8 Å². The summed E-state index contributed by atoms with van der Waals surface area (Å²) in [5.41, 5.74) is -0.266. The quantitative estimate of drug-likeness (QED) is 0.540. The second-order valence-corrected chi connectivity index (χ2v) is 8.32. The predicted octanol–water partition coefficient (Wildman–Crippen LogP) is 4.20. The number of hydrogen-bond donors (Lipinski definition) is 1. The Hall–Kier alpha value is -2.54. The Labute approximate surface area is 168 Å². The number of thiophene rings is 1.